The molecule has 1 aliphatic rings. The van der Waals surface area contributed by atoms with Gasteiger partial charge in [-0.2, -0.15) is 5.10 Å². The van der Waals surface area contributed by atoms with Gasteiger partial charge in [0.1, 0.15) is 0 Å². The quantitative estimate of drug-likeness (QED) is 0.798. The molecule has 1 N–H and O–H groups in total. The van der Waals surface area contributed by atoms with Crippen molar-refractivity contribution >= 4 is 10.9 Å². The number of rotatable bonds is 4. The lowest BCUT2D eigenvalue weighted by atomic mass is 10.2. The van der Waals surface area contributed by atoms with Crippen LogP contribution in [-0.4, -0.2) is 20.8 Å². The fraction of sp³-hybridized carbons (Fsp3) is 0.294. The minimum absolute atomic E-state index is 0.721. The van der Waals surface area contributed by atoms with Crippen LogP contribution < -0.4 is 5.32 Å². The number of nitrogens with one attached hydrogen (secondary N) is 1. The van der Waals surface area contributed by atoms with E-state index in [9.17, 15) is 0 Å². The maximum Gasteiger partial charge on any atom is 0.154 e. The van der Waals surface area contributed by atoms with Gasteiger partial charge in [0.15, 0.2) is 5.82 Å². The van der Waals surface area contributed by atoms with Crippen molar-refractivity contribution in [3.8, 4) is 5.82 Å². The highest BCUT2D eigenvalue weighted by atomic mass is 15.3. The van der Waals surface area contributed by atoms with E-state index in [-0.39, 0.29) is 0 Å². The Balaban J connectivity index is 1.67. The molecular weight excluding hydrogens is 260 g/mol. The van der Waals surface area contributed by atoms with E-state index in [4.69, 9.17) is 4.98 Å². The van der Waals surface area contributed by atoms with E-state index in [0.717, 1.165) is 35.0 Å². The Morgan fingerprint density at radius 1 is 1.19 bits per heavy atom. The first-order valence-corrected chi connectivity index (χ1v) is 7.44. The molecule has 106 valence electrons. The van der Waals surface area contributed by atoms with Crippen LogP contribution in [-0.2, 0) is 6.54 Å². The van der Waals surface area contributed by atoms with Gasteiger partial charge in [0.2, 0.25) is 0 Å². The van der Waals surface area contributed by atoms with E-state index < -0.39 is 0 Å². The minimum Gasteiger partial charge on any atom is -0.310 e. The summed E-state index contributed by atoms with van der Waals surface area (Å²) in [7, 11) is 0. The zero-order valence-electron chi connectivity index (χ0n) is 12.1. The molecule has 1 fully saturated rings. The molecule has 0 bridgehead atoms. The first kappa shape index (κ1) is 12.5. The van der Waals surface area contributed by atoms with Crippen LogP contribution in [0.5, 0.6) is 0 Å². The van der Waals surface area contributed by atoms with Crippen molar-refractivity contribution in [3.63, 3.8) is 0 Å². The van der Waals surface area contributed by atoms with Gasteiger partial charge in [-0.1, -0.05) is 24.3 Å². The molecular formula is C17H18N4. The molecule has 0 atom stereocenters. The molecule has 1 saturated carbocycles. The van der Waals surface area contributed by atoms with Crippen LogP contribution in [0.4, 0.5) is 0 Å². The van der Waals surface area contributed by atoms with Crippen molar-refractivity contribution in [2.24, 2.45) is 0 Å². The van der Waals surface area contributed by atoms with Gasteiger partial charge in [0.05, 0.1) is 11.7 Å². The van der Waals surface area contributed by atoms with Gasteiger partial charge in [-0.15, -0.1) is 0 Å². The van der Waals surface area contributed by atoms with E-state index >= 15 is 0 Å². The Labute approximate surface area is 123 Å². The molecule has 2 aromatic heterocycles. The normalized spacial score (nSPS) is 14.7. The molecule has 2 heterocycles. The van der Waals surface area contributed by atoms with Gasteiger partial charge in [0.25, 0.3) is 0 Å². The highest BCUT2D eigenvalue weighted by Crippen LogP contribution is 2.21. The van der Waals surface area contributed by atoms with Crippen LogP contribution in [0.25, 0.3) is 16.7 Å². The molecule has 0 saturated heterocycles. The lowest BCUT2D eigenvalue weighted by molar-refractivity contribution is 0.681. The number of hydrogen-bond acceptors (Lipinski definition) is 3. The summed E-state index contributed by atoms with van der Waals surface area (Å²) in [5, 5.41) is 9.13. The summed E-state index contributed by atoms with van der Waals surface area (Å²) in [5.74, 6) is 0.879. The third kappa shape index (κ3) is 2.43. The largest absolute Gasteiger partial charge is 0.310 e. The first-order chi connectivity index (χ1) is 10.3. The summed E-state index contributed by atoms with van der Waals surface area (Å²) in [4.78, 5) is 4.72. The van der Waals surface area contributed by atoms with Gasteiger partial charge < -0.3 is 5.32 Å². The second-order valence-corrected chi connectivity index (χ2v) is 5.68. The highest BCUT2D eigenvalue weighted by molar-refractivity contribution is 5.79. The average Bonchev–Trinajstić information content (AvgIpc) is 3.23. The smallest absolute Gasteiger partial charge is 0.154 e. The summed E-state index contributed by atoms with van der Waals surface area (Å²) in [6.07, 6.45) is 4.50. The molecule has 3 aromatic rings. The molecule has 0 amide bonds. The molecule has 4 heteroatoms. The number of benzene rings is 1. The molecule has 4 nitrogen and oxygen atoms in total. The average molecular weight is 278 g/mol. The SMILES string of the molecule is Cc1nc(-n2ncc3ccccc32)ccc1CNC1CC1. The van der Waals surface area contributed by atoms with Gasteiger partial charge in [0, 0.05) is 23.7 Å². The topological polar surface area (TPSA) is 42.7 Å². The first-order valence-electron chi connectivity index (χ1n) is 7.44. The molecule has 0 radical (unpaired) electrons. The van der Waals surface area contributed by atoms with Crippen molar-refractivity contribution in [1.82, 2.24) is 20.1 Å². The number of fused-ring (bicyclic) bond motifs is 1. The summed E-state index contributed by atoms with van der Waals surface area (Å²) < 4.78 is 1.90. The van der Waals surface area contributed by atoms with Crippen LogP contribution in [0.2, 0.25) is 0 Å². The third-order valence-electron chi connectivity index (χ3n) is 4.03. The minimum atomic E-state index is 0.721. The summed E-state index contributed by atoms with van der Waals surface area (Å²) in [6, 6.07) is 13.1. The van der Waals surface area contributed by atoms with E-state index in [1.807, 2.05) is 23.0 Å². The predicted molar refractivity (Wildman–Crippen MR) is 83.5 cm³/mol. The molecule has 4 rings (SSSR count). The number of pyridine rings is 1. The number of hydrogen-bond donors (Lipinski definition) is 1. The van der Waals surface area contributed by atoms with E-state index in [1.165, 1.54) is 18.4 Å². The number of aryl methyl sites for hydroxylation is 1. The molecule has 21 heavy (non-hydrogen) atoms. The summed E-state index contributed by atoms with van der Waals surface area (Å²) >= 11 is 0. The zero-order chi connectivity index (χ0) is 14.2. The van der Waals surface area contributed by atoms with Gasteiger partial charge in [-0.05, 0) is 37.5 Å². The summed E-state index contributed by atoms with van der Waals surface area (Å²) in [6.45, 7) is 2.97. The highest BCUT2D eigenvalue weighted by Gasteiger charge is 2.20. The number of nitrogens with zero attached hydrogens (tertiary/aromatic N) is 3. The number of para-hydroxylation sites is 1. The van der Waals surface area contributed by atoms with Crippen molar-refractivity contribution < 1.29 is 0 Å². The summed E-state index contributed by atoms with van der Waals surface area (Å²) in [5.41, 5.74) is 3.43. The van der Waals surface area contributed by atoms with Crippen LogP contribution in [0.15, 0.2) is 42.6 Å². The van der Waals surface area contributed by atoms with Gasteiger partial charge in [-0.3, -0.25) is 0 Å². The standard InChI is InChI=1S/C17H18N4/c1-12-13(10-18-15-7-8-15)6-9-17(20-12)21-16-5-3-2-4-14(16)11-19-21/h2-6,9,11,15,18H,7-8,10H2,1H3. The molecule has 0 spiro atoms. The maximum atomic E-state index is 4.72. The number of aromatic nitrogens is 3. The Hall–Kier alpha value is -2.20. The monoisotopic (exact) mass is 278 g/mol. The van der Waals surface area contributed by atoms with E-state index in [2.05, 4.69) is 41.6 Å². The van der Waals surface area contributed by atoms with Gasteiger partial charge in [-0.25, -0.2) is 9.67 Å². The van der Waals surface area contributed by atoms with Crippen molar-refractivity contribution in [2.75, 3.05) is 0 Å². The van der Waals surface area contributed by atoms with E-state index in [0.29, 0.717) is 0 Å². The van der Waals surface area contributed by atoms with Crippen LogP contribution in [0.1, 0.15) is 24.1 Å². The van der Waals surface area contributed by atoms with E-state index in [1.54, 1.807) is 0 Å². The third-order valence-corrected chi connectivity index (χ3v) is 4.03. The van der Waals surface area contributed by atoms with Crippen LogP contribution in [0.3, 0.4) is 0 Å². The van der Waals surface area contributed by atoms with Gasteiger partial charge >= 0.3 is 0 Å². The molecule has 1 aromatic carbocycles. The maximum absolute atomic E-state index is 4.72. The predicted octanol–water partition coefficient (Wildman–Crippen LogP) is 2.98. The van der Waals surface area contributed by atoms with Crippen LogP contribution in [0, 0.1) is 6.92 Å². The Morgan fingerprint density at radius 3 is 2.86 bits per heavy atom. The Kier molecular flexibility index (Phi) is 2.97. The fourth-order valence-electron chi connectivity index (χ4n) is 2.58. The molecule has 1 aliphatic carbocycles. The Morgan fingerprint density at radius 2 is 2.05 bits per heavy atom. The lowest BCUT2D eigenvalue weighted by Crippen LogP contribution is -2.16. The van der Waals surface area contributed by atoms with Crippen molar-refractivity contribution in [3.05, 3.63) is 53.9 Å². The lowest BCUT2D eigenvalue weighted by Gasteiger charge is -2.09. The van der Waals surface area contributed by atoms with Crippen molar-refractivity contribution in [1.29, 1.82) is 0 Å². The zero-order valence-corrected chi connectivity index (χ0v) is 12.1. The van der Waals surface area contributed by atoms with Crippen molar-refractivity contribution in [2.45, 2.75) is 32.4 Å². The Bertz CT molecular complexity index is 786. The second-order valence-electron chi connectivity index (χ2n) is 5.68. The van der Waals surface area contributed by atoms with Crippen LogP contribution >= 0.6 is 0 Å². The molecule has 0 aliphatic heterocycles. The second kappa shape index (κ2) is 4.97. The fourth-order valence-corrected chi connectivity index (χ4v) is 2.58. The molecule has 0 unspecified atom stereocenters.